The van der Waals surface area contributed by atoms with Gasteiger partial charge in [0.1, 0.15) is 0 Å². The highest BCUT2D eigenvalue weighted by molar-refractivity contribution is 5.75. The molecule has 1 aromatic rings. The molecule has 0 heterocycles. The molecule has 0 aliphatic heterocycles. The zero-order valence-corrected chi connectivity index (χ0v) is 11.7. The normalized spacial score (nSPS) is 12.8. The molecule has 1 rings (SSSR count). The number of esters is 1. The summed E-state index contributed by atoms with van der Waals surface area (Å²) in [7, 11) is 0. The number of rotatable bonds is 4. The van der Waals surface area contributed by atoms with Crippen molar-refractivity contribution >= 4 is 11.7 Å². The molecule has 0 aliphatic rings. The average molecular weight is 265 g/mol. The van der Waals surface area contributed by atoms with Gasteiger partial charge in [0, 0.05) is 17.5 Å². The van der Waals surface area contributed by atoms with Crippen molar-refractivity contribution < 1.29 is 14.5 Å². The standard InChI is InChI=1S/C14H19NO4/c1-10(9-19-13(16)14(2,3)4)11-7-5-6-8-12(11)15(17)18/h5-8,10H,9H2,1-4H3. The second-order valence-electron chi connectivity index (χ2n) is 5.57. The van der Waals surface area contributed by atoms with Crippen LogP contribution >= 0.6 is 0 Å². The Kier molecular flexibility index (Phi) is 4.64. The van der Waals surface area contributed by atoms with E-state index in [1.807, 2.05) is 0 Å². The predicted octanol–water partition coefficient (Wildman–Crippen LogP) is 3.29. The summed E-state index contributed by atoms with van der Waals surface area (Å²) in [5.74, 6) is -0.522. The molecule has 0 saturated carbocycles. The smallest absolute Gasteiger partial charge is 0.311 e. The van der Waals surface area contributed by atoms with Crippen LogP contribution in [0.3, 0.4) is 0 Å². The molecule has 5 heteroatoms. The summed E-state index contributed by atoms with van der Waals surface area (Å²) in [6.07, 6.45) is 0. The summed E-state index contributed by atoms with van der Waals surface area (Å²) >= 11 is 0. The van der Waals surface area contributed by atoms with Crippen molar-refractivity contribution in [2.24, 2.45) is 5.41 Å². The molecule has 1 atom stereocenters. The second-order valence-corrected chi connectivity index (χ2v) is 5.57. The van der Waals surface area contributed by atoms with E-state index in [0.29, 0.717) is 5.56 Å². The molecule has 0 bridgehead atoms. The molecule has 104 valence electrons. The quantitative estimate of drug-likeness (QED) is 0.476. The zero-order chi connectivity index (χ0) is 14.6. The number of carbonyl (C=O) groups is 1. The molecular weight excluding hydrogens is 246 g/mol. The monoisotopic (exact) mass is 265 g/mol. The van der Waals surface area contributed by atoms with Crippen molar-refractivity contribution in [1.82, 2.24) is 0 Å². The van der Waals surface area contributed by atoms with Gasteiger partial charge in [-0.05, 0) is 20.8 Å². The largest absolute Gasteiger partial charge is 0.465 e. The minimum atomic E-state index is -0.567. The number of nitrogens with zero attached hydrogens (tertiary/aromatic N) is 1. The number of nitro benzene ring substituents is 1. The van der Waals surface area contributed by atoms with Gasteiger partial charge in [-0.15, -0.1) is 0 Å². The van der Waals surface area contributed by atoms with Gasteiger partial charge in [-0.1, -0.05) is 25.1 Å². The minimum absolute atomic E-state index is 0.0572. The Morgan fingerprint density at radius 3 is 2.47 bits per heavy atom. The summed E-state index contributed by atoms with van der Waals surface area (Å²) in [5.41, 5.74) is 0.0681. The number of para-hydroxylation sites is 1. The zero-order valence-electron chi connectivity index (χ0n) is 11.7. The molecule has 0 amide bonds. The van der Waals surface area contributed by atoms with Crippen LogP contribution in [0.25, 0.3) is 0 Å². The van der Waals surface area contributed by atoms with E-state index in [-0.39, 0.29) is 24.2 Å². The van der Waals surface area contributed by atoms with E-state index in [1.165, 1.54) is 6.07 Å². The maximum Gasteiger partial charge on any atom is 0.311 e. The Bertz CT molecular complexity index is 477. The first kappa shape index (κ1) is 15.1. The van der Waals surface area contributed by atoms with Crippen molar-refractivity contribution in [2.45, 2.75) is 33.6 Å². The Morgan fingerprint density at radius 2 is 1.95 bits per heavy atom. The highest BCUT2D eigenvalue weighted by atomic mass is 16.6. The Morgan fingerprint density at radius 1 is 1.37 bits per heavy atom. The van der Waals surface area contributed by atoms with Crippen LogP contribution < -0.4 is 0 Å². The van der Waals surface area contributed by atoms with E-state index in [9.17, 15) is 14.9 Å². The van der Waals surface area contributed by atoms with Crippen molar-refractivity contribution in [3.63, 3.8) is 0 Å². The first-order valence-electron chi connectivity index (χ1n) is 6.14. The fourth-order valence-corrected chi connectivity index (χ4v) is 1.58. The number of nitro groups is 1. The Hall–Kier alpha value is -1.91. The van der Waals surface area contributed by atoms with Crippen LogP contribution in [-0.4, -0.2) is 17.5 Å². The maximum absolute atomic E-state index is 11.7. The SMILES string of the molecule is CC(COC(=O)C(C)(C)C)c1ccccc1[N+](=O)[O-]. The number of hydrogen-bond donors (Lipinski definition) is 0. The topological polar surface area (TPSA) is 69.4 Å². The molecule has 0 N–H and O–H groups in total. The first-order chi connectivity index (χ1) is 8.73. The third-order valence-corrected chi connectivity index (χ3v) is 2.74. The molecule has 19 heavy (non-hydrogen) atoms. The lowest BCUT2D eigenvalue weighted by molar-refractivity contribution is -0.385. The first-order valence-corrected chi connectivity index (χ1v) is 6.14. The molecular formula is C14H19NO4. The number of benzene rings is 1. The third-order valence-electron chi connectivity index (χ3n) is 2.74. The van der Waals surface area contributed by atoms with E-state index in [1.54, 1.807) is 45.9 Å². The van der Waals surface area contributed by atoms with Crippen molar-refractivity contribution in [2.75, 3.05) is 6.61 Å². The maximum atomic E-state index is 11.7. The molecule has 1 unspecified atom stereocenters. The van der Waals surface area contributed by atoms with Crippen molar-refractivity contribution in [3.8, 4) is 0 Å². The van der Waals surface area contributed by atoms with Crippen LogP contribution in [0.1, 0.15) is 39.2 Å². The summed E-state index contributed by atoms with van der Waals surface area (Å²) in [4.78, 5) is 22.2. The van der Waals surface area contributed by atoms with E-state index >= 15 is 0 Å². The van der Waals surface area contributed by atoms with Gasteiger partial charge in [0.25, 0.3) is 5.69 Å². The van der Waals surface area contributed by atoms with E-state index < -0.39 is 10.3 Å². The van der Waals surface area contributed by atoms with Crippen LogP contribution in [0.5, 0.6) is 0 Å². The number of carbonyl (C=O) groups excluding carboxylic acids is 1. The van der Waals surface area contributed by atoms with E-state index in [4.69, 9.17) is 4.74 Å². The van der Waals surface area contributed by atoms with Gasteiger partial charge in [-0.2, -0.15) is 0 Å². The lowest BCUT2D eigenvalue weighted by Crippen LogP contribution is -2.24. The number of ether oxygens (including phenoxy) is 1. The van der Waals surface area contributed by atoms with Crippen LogP contribution in [0.15, 0.2) is 24.3 Å². The molecule has 0 aromatic heterocycles. The molecule has 5 nitrogen and oxygen atoms in total. The van der Waals surface area contributed by atoms with Gasteiger partial charge in [0.05, 0.1) is 16.9 Å². The summed E-state index contributed by atoms with van der Waals surface area (Å²) in [6, 6.07) is 6.51. The second kappa shape index (κ2) is 5.82. The summed E-state index contributed by atoms with van der Waals surface area (Å²) < 4.78 is 5.20. The lowest BCUT2D eigenvalue weighted by atomic mass is 9.97. The van der Waals surface area contributed by atoms with Gasteiger partial charge in [-0.25, -0.2) is 0 Å². The molecule has 0 radical (unpaired) electrons. The van der Waals surface area contributed by atoms with E-state index in [0.717, 1.165) is 0 Å². The fourth-order valence-electron chi connectivity index (χ4n) is 1.58. The van der Waals surface area contributed by atoms with E-state index in [2.05, 4.69) is 0 Å². The fraction of sp³-hybridized carbons (Fsp3) is 0.500. The Labute approximate surface area is 112 Å². The molecule has 0 fully saturated rings. The van der Waals surface area contributed by atoms with Gasteiger partial charge < -0.3 is 4.74 Å². The molecule has 0 aliphatic carbocycles. The minimum Gasteiger partial charge on any atom is -0.465 e. The number of hydrogen-bond acceptors (Lipinski definition) is 4. The van der Waals surface area contributed by atoms with Gasteiger partial charge in [0.2, 0.25) is 0 Å². The lowest BCUT2D eigenvalue weighted by Gasteiger charge is -2.19. The van der Waals surface area contributed by atoms with Gasteiger partial charge >= 0.3 is 5.97 Å². The van der Waals surface area contributed by atoms with Crippen molar-refractivity contribution in [3.05, 3.63) is 39.9 Å². The van der Waals surface area contributed by atoms with Crippen LogP contribution in [0, 0.1) is 15.5 Å². The third kappa shape index (κ3) is 4.05. The highest BCUT2D eigenvalue weighted by Crippen LogP contribution is 2.27. The molecule has 0 saturated heterocycles. The summed E-state index contributed by atoms with van der Waals surface area (Å²) in [6.45, 7) is 7.25. The van der Waals surface area contributed by atoms with Crippen LogP contribution in [0.2, 0.25) is 0 Å². The molecule has 1 aromatic carbocycles. The average Bonchev–Trinajstić information content (AvgIpc) is 2.34. The highest BCUT2D eigenvalue weighted by Gasteiger charge is 2.25. The van der Waals surface area contributed by atoms with Gasteiger partial charge in [-0.3, -0.25) is 14.9 Å². The van der Waals surface area contributed by atoms with Gasteiger partial charge in [0.15, 0.2) is 0 Å². The molecule has 0 spiro atoms. The van der Waals surface area contributed by atoms with Crippen LogP contribution in [-0.2, 0) is 9.53 Å². The predicted molar refractivity (Wildman–Crippen MR) is 71.9 cm³/mol. The Balaban J connectivity index is 2.77. The van der Waals surface area contributed by atoms with Crippen molar-refractivity contribution in [1.29, 1.82) is 0 Å². The summed E-state index contributed by atoms with van der Waals surface area (Å²) in [5, 5.41) is 10.9. The van der Waals surface area contributed by atoms with Crippen LogP contribution in [0.4, 0.5) is 5.69 Å².